The average Bonchev–Trinajstić information content (AvgIpc) is 3.18. The molecule has 0 N–H and O–H groups in total. The molecule has 0 bridgehead atoms. The van der Waals surface area contributed by atoms with E-state index in [4.69, 9.17) is 4.98 Å². The van der Waals surface area contributed by atoms with E-state index in [9.17, 15) is 0 Å². The van der Waals surface area contributed by atoms with Crippen LogP contribution in [-0.4, -0.2) is 4.98 Å². The van der Waals surface area contributed by atoms with Crippen LogP contribution in [0.15, 0.2) is 97.1 Å². The third-order valence-electron chi connectivity index (χ3n) is 5.37. The van der Waals surface area contributed by atoms with Gasteiger partial charge in [-0.25, -0.2) is 4.98 Å². The number of rotatable bonds is 3. The van der Waals surface area contributed by atoms with Gasteiger partial charge in [-0.1, -0.05) is 91.0 Å². The Kier molecular flexibility index (Phi) is 4.34. The van der Waals surface area contributed by atoms with Crippen LogP contribution in [0.5, 0.6) is 0 Å². The molecule has 0 saturated carbocycles. The fraction of sp³-hybridized carbons (Fsp3) is 0.0741. The van der Waals surface area contributed by atoms with Gasteiger partial charge in [0.15, 0.2) is 0 Å². The molecule has 1 nitrogen and oxygen atoms in total. The van der Waals surface area contributed by atoms with E-state index < -0.39 is 0 Å². The molecular weight excluding hydrogens is 338 g/mol. The molecule has 0 spiro atoms. The summed E-state index contributed by atoms with van der Waals surface area (Å²) in [6.45, 7) is 0. The van der Waals surface area contributed by atoms with Crippen molar-refractivity contribution in [1.82, 2.24) is 4.98 Å². The first-order chi connectivity index (χ1) is 13.9. The zero-order valence-corrected chi connectivity index (χ0v) is 15.7. The molecule has 5 rings (SSSR count). The molecule has 0 radical (unpaired) electrons. The highest BCUT2D eigenvalue weighted by atomic mass is 14.7. The highest BCUT2D eigenvalue weighted by molar-refractivity contribution is 5.89. The van der Waals surface area contributed by atoms with E-state index in [1.807, 2.05) is 0 Å². The molecule has 28 heavy (non-hydrogen) atoms. The van der Waals surface area contributed by atoms with Gasteiger partial charge in [0.2, 0.25) is 0 Å². The first-order valence-corrected chi connectivity index (χ1v) is 9.79. The largest absolute Gasteiger partial charge is 0.248 e. The lowest BCUT2D eigenvalue weighted by Gasteiger charge is -2.12. The Bertz CT molecular complexity index is 1130. The van der Waals surface area contributed by atoms with Crippen LogP contribution in [0.3, 0.4) is 0 Å². The zero-order chi connectivity index (χ0) is 18.8. The topological polar surface area (TPSA) is 12.9 Å². The van der Waals surface area contributed by atoms with Gasteiger partial charge >= 0.3 is 0 Å². The molecule has 0 aliphatic heterocycles. The van der Waals surface area contributed by atoms with Crippen molar-refractivity contribution in [1.29, 1.82) is 0 Å². The quantitative estimate of drug-likeness (QED) is 0.387. The van der Waals surface area contributed by atoms with Crippen molar-refractivity contribution >= 4 is 11.6 Å². The van der Waals surface area contributed by atoms with Crippen LogP contribution in [0.25, 0.3) is 34.0 Å². The summed E-state index contributed by atoms with van der Waals surface area (Å²) in [5, 5.41) is 0. The first kappa shape index (κ1) is 16.7. The fourth-order valence-electron chi connectivity index (χ4n) is 3.99. The van der Waals surface area contributed by atoms with Gasteiger partial charge in [-0.2, -0.15) is 0 Å². The summed E-state index contributed by atoms with van der Waals surface area (Å²) in [5.41, 5.74) is 9.86. The summed E-state index contributed by atoms with van der Waals surface area (Å²) in [4.78, 5) is 5.12. The average molecular weight is 359 g/mol. The molecule has 134 valence electrons. The maximum absolute atomic E-state index is 5.12. The Morgan fingerprint density at radius 2 is 1.25 bits per heavy atom. The second kappa shape index (κ2) is 7.28. The Balaban J connectivity index is 1.71. The van der Waals surface area contributed by atoms with Crippen LogP contribution in [0.4, 0.5) is 0 Å². The maximum atomic E-state index is 5.12. The zero-order valence-electron chi connectivity index (χ0n) is 15.7. The summed E-state index contributed by atoms with van der Waals surface area (Å²) < 4.78 is 0. The lowest BCUT2D eigenvalue weighted by atomic mass is 9.96. The molecule has 1 heteroatoms. The van der Waals surface area contributed by atoms with E-state index in [1.165, 1.54) is 27.8 Å². The first-order valence-electron chi connectivity index (χ1n) is 9.79. The number of aromatic nitrogens is 1. The third-order valence-corrected chi connectivity index (χ3v) is 5.37. The van der Waals surface area contributed by atoms with E-state index in [-0.39, 0.29) is 0 Å². The van der Waals surface area contributed by atoms with Gasteiger partial charge in [-0.3, -0.25) is 0 Å². The number of pyridine rings is 1. The van der Waals surface area contributed by atoms with Crippen molar-refractivity contribution < 1.29 is 0 Å². The standard InChI is InChI=1S/C27H21N/c1-4-10-20(11-5-1)18-23-16-17-24-25(21-12-6-2-7-13-21)19-26(28-27(23)24)22-14-8-3-9-15-22/h1-15,18-19H,16-17H2/b23-18-. The molecule has 1 aliphatic carbocycles. The molecule has 3 aromatic carbocycles. The molecule has 0 atom stereocenters. The summed E-state index contributed by atoms with van der Waals surface area (Å²) in [7, 11) is 0. The number of allylic oxidation sites excluding steroid dienone is 1. The lowest BCUT2D eigenvalue weighted by Crippen LogP contribution is -1.96. The van der Waals surface area contributed by atoms with Gasteiger partial charge in [0.05, 0.1) is 11.4 Å². The van der Waals surface area contributed by atoms with Crippen molar-refractivity contribution in [3.8, 4) is 22.4 Å². The minimum atomic E-state index is 1.04. The van der Waals surface area contributed by atoms with Crippen LogP contribution in [-0.2, 0) is 6.42 Å². The molecular formula is C27H21N. The van der Waals surface area contributed by atoms with Crippen LogP contribution >= 0.6 is 0 Å². The second-order valence-corrected chi connectivity index (χ2v) is 7.19. The predicted octanol–water partition coefficient (Wildman–Crippen LogP) is 6.90. The van der Waals surface area contributed by atoms with E-state index in [0.29, 0.717) is 0 Å². The van der Waals surface area contributed by atoms with Crippen LogP contribution in [0.1, 0.15) is 23.2 Å². The summed E-state index contributed by atoms with van der Waals surface area (Å²) in [5.74, 6) is 0. The van der Waals surface area contributed by atoms with Crippen molar-refractivity contribution in [2.24, 2.45) is 0 Å². The van der Waals surface area contributed by atoms with Crippen molar-refractivity contribution in [3.63, 3.8) is 0 Å². The third kappa shape index (κ3) is 3.16. The SMILES string of the molecule is C(=C1\CCc2c(-c3ccccc3)cc(-c3ccccc3)nc21)/c1ccccc1. The monoisotopic (exact) mass is 359 g/mol. The number of fused-ring (bicyclic) bond motifs is 1. The predicted molar refractivity (Wildman–Crippen MR) is 118 cm³/mol. The minimum Gasteiger partial charge on any atom is -0.248 e. The van der Waals surface area contributed by atoms with E-state index >= 15 is 0 Å². The molecule has 1 heterocycles. The molecule has 0 amide bonds. The van der Waals surface area contributed by atoms with Crippen molar-refractivity contribution in [2.75, 3.05) is 0 Å². The van der Waals surface area contributed by atoms with E-state index in [1.54, 1.807) is 0 Å². The molecule has 0 saturated heterocycles. The number of nitrogens with zero attached hydrogens (tertiary/aromatic N) is 1. The molecule has 0 fully saturated rings. The molecule has 4 aromatic rings. The van der Waals surface area contributed by atoms with E-state index in [0.717, 1.165) is 29.8 Å². The Labute approximate surface area is 166 Å². The molecule has 0 unspecified atom stereocenters. The van der Waals surface area contributed by atoms with Crippen LogP contribution in [0, 0.1) is 0 Å². The maximum Gasteiger partial charge on any atom is 0.0715 e. The smallest absolute Gasteiger partial charge is 0.0715 e. The normalized spacial score (nSPS) is 14.2. The number of hydrogen-bond acceptors (Lipinski definition) is 1. The Morgan fingerprint density at radius 1 is 0.643 bits per heavy atom. The Hall–Kier alpha value is -3.45. The van der Waals surface area contributed by atoms with Gasteiger partial charge < -0.3 is 0 Å². The van der Waals surface area contributed by atoms with Gasteiger partial charge in [-0.15, -0.1) is 0 Å². The highest BCUT2D eigenvalue weighted by Crippen LogP contribution is 2.40. The summed E-state index contributed by atoms with van der Waals surface area (Å²) >= 11 is 0. The summed E-state index contributed by atoms with van der Waals surface area (Å²) in [6, 6.07) is 34.0. The van der Waals surface area contributed by atoms with Gasteiger partial charge in [0.1, 0.15) is 0 Å². The highest BCUT2D eigenvalue weighted by Gasteiger charge is 2.23. The lowest BCUT2D eigenvalue weighted by molar-refractivity contribution is 1.08. The number of hydrogen-bond donors (Lipinski definition) is 0. The Morgan fingerprint density at radius 3 is 1.93 bits per heavy atom. The van der Waals surface area contributed by atoms with Crippen LogP contribution in [0.2, 0.25) is 0 Å². The summed E-state index contributed by atoms with van der Waals surface area (Å²) in [6.07, 6.45) is 4.37. The van der Waals surface area contributed by atoms with Crippen molar-refractivity contribution in [2.45, 2.75) is 12.8 Å². The second-order valence-electron chi connectivity index (χ2n) is 7.19. The van der Waals surface area contributed by atoms with Gasteiger partial charge in [0.25, 0.3) is 0 Å². The van der Waals surface area contributed by atoms with Crippen molar-refractivity contribution in [3.05, 3.63) is 114 Å². The van der Waals surface area contributed by atoms with E-state index in [2.05, 4.69) is 103 Å². The van der Waals surface area contributed by atoms with Gasteiger partial charge in [-0.05, 0) is 52.8 Å². The minimum absolute atomic E-state index is 1.04. The fourth-order valence-corrected chi connectivity index (χ4v) is 3.99. The molecule has 1 aromatic heterocycles. The van der Waals surface area contributed by atoms with Gasteiger partial charge in [0, 0.05) is 5.56 Å². The number of benzene rings is 3. The molecule has 1 aliphatic rings. The van der Waals surface area contributed by atoms with Crippen LogP contribution < -0.4 is 0 Å².